The van der Waals surface area contributed by atoms with Crippen LogP contribution in [0.5, 0.6) is 11.5 Å². The molecule has 0 unspecified atom stereocenters. The summed E-state index contributed by atoms with van der Waals surface area (Å²) >= 11 is 0. The van der Waals surface area contributed by atoms with Gasteiger partial charge in [-0.05, 0) is 31.2 Å². The highest BCUT2D eigenvalue weighted by molar-refractivity contribution is 5.77. The van der Waals surface area contributed by atoms with E-state index in [0.29, 0.717) is 6.54 Å². The first-order chi connectivity index (χ1) is 14.5. The second-order valence-electron chi connectivity index (χ2n) is 8.00. The smallest absolute Gasteiger partial charge is 0.275 e. The van der Waals surface area contributed by atoms with Crippen LogP contribution in [0.3, 0.4) is 0 Å². The minimum absolute atomic E-state index is 0.125. The van der Waals surface area contributed by atoms with Crippen LogP contribution in [-0.4, -0.2) is 45.4 Å². The van der Waals surface area contributed by atoms with Gasteiger partial charge in [0.25, 0.3) is 5.91 Å². The average molecular weight is 419 g/mol. The Morgan fingerprint density at radius 3 is 2.53 bits per heavy atom. The number of carbonyl (C=O) groups is 1. The quantitative estimate of drug-likeness (QED) is 0.611. The number of hydrogen-bond acceptors (Lipinski definition) is 3. The van der Waals surface area contributed by atoms with E-state index in [4.69, 9.17) is 9.47 Å². The molecule has 4 rings (SSSR count). The largest absolute Gasteiger partial charge is 0.454 e. The molecule has 0 radical (unpaired) electrons. The van der Waals surface area contributed by atoms with E-state index in [0.717, 1.165) is 50.3 Å². The molecule has 0 aromatic heterocycles. The van der Waals surface area contributed by atoms with Gasteiger partial charge >= 0.3 is 0 Å². The Kier molecular flexibility index (Phi) is 6.15. The number of nitrogens with one attached hydrogen (secondary N) is 3. The minimum atomic E-state index is -0.643. The van der Waals surface area contributed by atoms with Crippen LogP contribution in [0.25, 0.3) is 0 Å². The van der Waals surface area contributed by atoms with Gasteiger partial charge in [0.15, 0.2) is 18.0 Å². The standard InChI is InChI=1S/C22H25F2N3O3/c1-15(18-4-3-17(23)11-19(18)24)25-22(28)13-27-8-6-26(7-9-27)12-16-2-5-20-21(10-16)30-14-29-20/h2-5,10-11,15H,6-9,12-14H2,1H3,(H,25,28)/p+2/t15-/m1/s1. The van der Waals surface area contributed by atoms with Crippen molar-refractivity contribution in [2.75, 3.05) is 39.5 Å². The molecule has 160 valence electrons. The molecule has 0 aliphatic carbocycles. The highest BCUT2D eigenvalue weighted by atomic mass is 19.1. The van der Waals surface area contributed by atoms with Crippen molar-refractivity contribution < 1.29 is 32.8 Å². The van der Waals surface area contributed by atoms with Gasteiger partial charge in [-0.15, -0.1) is 0 Å². The van der Waals surface area contributed by atoms with Gasteiger partial charge in [0.05, 0.1) is 6.04 Å². The van der Waals surface area contributed by atoms with Gasteiger partial charge in [0, 0.05) is 17.2 Å². The summed E-state index contributed by atoms with van der Waals surface area (Å²) in [5.41, 5.74) is 1.50. The molecular formula is C22H27F2N3O3+2. The number of rotatable bonds is 6. The summed E-state index contributed by atoms with van der Waals surface area (Å²) in [5.74, 6) is 0.208. The molecular weight excluding hydrogens is 392 g/mol. The maximum Gasteiger partial charge on any atom is 0.275 e. The molecule has 6 nitrogen and oxygen atoms in total. The van der Waals surface area contributed by atoms with E-state index in [-0.39, 0.29) is 18.3 Å². The number of piperazine rings is 1. The second kappa shape index (κ2) is 8.97. The van der Waals surface area contributed by atoms with Gasteiger partial charge in [0.1, 0.15) is 44.4 Å². The summed E-state index contributed by atoms with van der Waals surface area (Å²) in [4.78, 5) is 15.1. The molecule has 0 saturated carbocycles. The molecule has 2 aliphatic rings. The number of amides is 1. The lowest BCUT2D eigenvalue weighted by atomic mass is 10.1. The van der Waals surface area contributed by atoms with E-state index >= 15 is 0 Å². The molecule has 0 bridgehead atoms. The number of hydrogen-bond donors (Lipinski definition) is 3. The molecule has 1 amide bonds. The lowest BCUT2D eigenvalue weighted by Crippen LogP contribution is -3.28. The van der Waals surface area contributed by atoms with Gasteiger partial charge in [-0.2, -0.15) is 0 Å². The first kappa shape index (κ1) is 20.6. The molecule has 2 aromatic carbocycles. The van der Waals surface area contributed by atoms with E-state index in [1.807, 2.05) is 12.1 Å². The maximum atomic E-state index is 13.9. The topological polar surface area (TPSA) is 56.4 Å². The first-order valence-corrected chi connectivity index (χ1v) is 10.3. The van der Waals surface area contributed by atoms with E-state index in [9.17, 15) is 13.6 Å². The van der Waals surface area contributed by atoms with Crippen molar-refractivity contribution in [2.24, 2.45) is 0 Å². The molecule has 2 aromatic rings. The molecule has 30 heavy (non-hydrogen) atoms. The number of carbonyl (C=O) groups excluding carboxylic acids is 1. The van der Waals surface area contributed by atoms with Crippen LogP contribution in [-0.2, 0) is 11.3 Å². The molecule has 1 fully saturated rings. The SMILES string of the molecule is C[C@@H](NC(=O)C[NH+]1CC[NH+](Cc2ccc3c(c2)OCO3)CC1)c1ccc(F)cc1F. The fraction of sp³-hybridized carbons (Fsp3) is 0.409. The number of halogens is 2. The van der Waals surface area contributed by atoms with Crippen LogP contribution in [0.15, 0.2) is 36.4 Å². The van der Waals surface area contributed by atoms with Crippen LogP contribution >= 0.6 is 0 Å². The first-order valence-electron chi connectivity index (χ1n) is 10.3. The Morgan fingerprint density at radius 1 is 1.03 bits per heavy atom. The van der Waals surface area contributed by atoms with Gasteiger partial charge in [0.2, 0.25) is 6.79 Å². The summed E-state index contributed by atoms with van der Waals surface area (Å²) in [6, 6.07) is 8.98. The fourth-order valence-electron chi connectivity index (χ4n) is 4.10. The molecule has 1 atom stereocenters. The Hall–Kier alpha value is -2.71. The lowest BCUT2D eigenvalue weighted by Gasteiger charge is -2.29. The minimum Gasteiger partial charge on any atom is -0.454 e. The van der Waals surface area contributed by atoms with Crippen molar-refractivity contribution in [3.8, 4) is 11.5 Å². The van der Waals surface area contributed by atoms with Crippen molar-refractivity contribution in [3.63, 3.8) is 0 Å². The van der Waals surface area contributed by atoms with Crippen LogP contribution < -0.4 is 24.6 Å². The average Bonchev–Trinajstić information content (AvgIpc) is 3.17. The summed E-state index contributed by atoms with van der Waals surface area (Å²) in [6.07, 6.45) is 0. The Bertz CT molecular complexity index is 916. The molecule has 8 heteroatoms. The predicted molar refractivity (Wildman–Crippen MR) is 105 cm³/mol. The summed E-state index contributed by atoms with van der Waals surface area (Å²) in [7, 11) is 0. The highest BCUT2D eigenvalue weighted by Gasteiger charge is 2.26. The van der Waals surface area contributed by atoms with E-state index in [1.165, 1.54) is 27.5 Å². The predicted octanol–water partition coefficient (Wildman–Crippen LogP) is -0.146. The molecule has 0 spiro atoms. The van der Waals surface area contributed by atoms with Crippen molar-refractivity contribution in [3.05, 3.63) is 59.2 Å². The summed E-state index contributed by atoms with van der Waals surface area (Å²) in [6.45, 7) is 6.98. The molecule has 2 aliphatic heterocycles. The number of ether oxygens (including phenoxy) is 2. The molecule has 2 heterocycles. The molecule has 3 N–H and O–H groups in total. The van der Waals surface area contributed by atoms with Crippen LogP contribution in [0, 0.1) is 11.6 Å². The van der Waals surface area contributed by atoms with Crippen LogP contribution in [0.2, 0.25) is 0 Å². The zero-order chi connectivity index (χ0) is 21.1. The zero-order valence-electron chi connectivity index (χ0n) is 17.0. The summed E-state index contributed by atoms with van der Waals surface area (Å²) in [5, 5.41) is 2.82. The normalized spacial score (nSPS) is 21.3. The highest BCUT2D eigenvalue weighted by Crippen LogP contribution is 2.32. The summed E-state index contributed by atoms with van der Waals surface area (Å²) < 4.78 is 37.8. The Balaban J connectivity index is 1.23. The van der Waals surface area contributed by atoms with Gasteiger partial charge in [-0.25, -0.2) is 8.78 Å². The van der Waals surface area contributed by atoms with Crippen LogP contribution in [0.1, 0.15) is 24.1 Å². The van der Waals surface area contributed by atoms with Gasteiger partial charge in [-0.1, -0.05) is 6.07 Å². The van der Waals surface area contributed by atoms with Crippen molar-refractivity contribution in [1.29, 1.82) is 0 Å². The lowest BCUT2D eigenvalue weighted by molar-refractivity contribution is -1.02. The monoisotopic (exact) mass is 419 g/mol. The molecule has 1 saturated heterocycles. The maximum absolute atomic E-state index is 13.9. The van der Waals surface area contributed by atoms with Crippen molar-refractivity contribution in [2.45, 2.75) is 19.5 Å². The van der Waals surface area contributed by atoms with E-state index < -0.39 is 17.7 Å². The third-order valence-corrected chi connectivity index (χ3v) is 5.77. The zero-order valence-corrected chi connectivity index (χ0v) is 17.0. The van der Waals surface area contributed by atoms with Crippen LogP contribution in [0.4, 0.5) is 8.78 Å². The third kappa shape index (κ3) is 4.88. The third-order valence-electron chi connectivity index (χ3n) is 5.77. The second-order valence-corrected chi connectivity index (χ2v) is 8.00. The van der Waals surface area contributed by atoms with E-state index in [1.54, 1.807) is 6.92 Å². The van der Waals surface area contributed by atoms with Gasteiger partial charge < -0.3 is 24.6 Å². The van der Waals surface area contributed by atoms with Crippen molar-refractivity contribution >= 4 is 5.91 Å². The Labute approximate surface area is 174 Å². The van der Waals surface area contributed by atoms with Gasteiger partial charge in [-0.3, -0.25) is 4.79 Å². The number of quaternary nitrogens is 2. The number of fused-ring (bicyclic) bond motifs is 1. The fourth-order valence-corrected chi connectivity index (χ4v) is 4.10. The van der Waals surface area contributed by atoms with E-state index in [2.05, 4.69) is 11.4 Å². The Morgan fingerprint density at radius 2 is 1.77 bits per heavy atom. The van der Waals surface area contributed by atoms with Crippen molar-refractivity contribution in [1.82, 2.24) is 5.32 Å². The number of benzene rings is 2.